The number of nitrogens with zero attached hydrogens (tertiary/aromatic N) is 3. The van der Waals surface area contributed by atoms with E-state index in [4.69, 9.17) is 9.47 Å². The molecule has 0 spiro atoms. The second kappa shape index (κ2) is 9.13. The number of aryl methyl sites for hydroxylation is 1. The lowest BCUT2D eigenvalue weighted by Crippen LogP contribution is -2.16. The Hall–Kier alpha value is -4.16. The highest BCUT2D eigenvalue weighted by Crippen LogP contribution is 2.34. The molecule has 0 saturated carbocycles. The van der Waals surface area contributed by atoms with Crippen molar-refractivity contribution in [3.8, 4) is 11.5 Å². The van der Waals surface area contributed by atoms with Crippen LogP contribution in [0.1, 0.15) is 0 Å². The van der Waals surface area contributed by atoms with Gasteiger partial charge in [0, 0.05) is 13.1 Å². The maximum absolute atomic E-state index is 13.4. The average Bonchev–Trinajstić information content (AvgIpc) is 3.16. The van der Waals surface area contributed by atoms with E-state index >= 15 is 0 Å². The third-order valence-electron chi connectivity index (χ3n) is 5.54. The molecule has 5 aromatic rings. The quantitative estimate of drug-likeness (QED) is 0.327. The van der Waals surface area contributed by atoms with Crippen LogP contribution in [0.2, 0.25) is 0 Å². The topological polar surface area (TPSA) is 124 Å². The number of benzene rings is 3. The van der Waals surface area contributed by atoms with Crippen molar-refractivity contribution in [1.82, 2.24) is 14.5 Å². The lowest BCUT2D eigenvalue weighted by Gasteiger charge is -2.16. The summed E-state index contributed by atoms with van der Waals surface area (Å²) in [6.07, 6.45) is 0. The van der Waals surface area contributed by atoms with Gasteiger partial charge in [0.15, 0.2) is 11.6 Å². The van der Waals surface area contributed by atoms with E-state index in [0.29, 0.717) is 38.4 Å². The zero-order chi connectivity index (χ0) is 25.4. The van der Waals surface area contributed by atoms with Crippen LogP contribution < -0.4 is 24.4 Å². The Morgan fingerprint density at radius 3 is 2.33 bits per heavy atom. The first-order valence-electron chi connectivity index (χ1n) is 10.7. The van der Waals surface area contributed by atoms with Crippen LogP contribution in [-0.2, 0) is 17.1 Å². The van der Waals surface area contributed by atoms with Crippen molar-refractivity contribution in [1.29, 1.82) is 0 Å². The average molecular weight is 524 g/mol. The van der Waals surface area contributed by atoms with E-state index in [1.807, 2.05) is 6.07 Å². The normalized spacial score (nSPS) is 11.5. The minimum absolute atomic E-state index is 0.0000751. The lowest BCUT2D eigenvalue weighted by molar-refractivity contribution is 0.405. The van der Waals surface area contributed by atoms with E-state index in [1.54, 1.807) is 56.6 Å². The Morgan fingerprint density at radius 2 is 1.64 bits per heavy atom. The molecule has 184 valence electrons. The van der Waals surface area contributed by atoms with Crippen LogP contribution in [0.25, 0.3) is 21.3 Å². The molecule has 0 atom stereocenters. The Balaban J connectivity index is 1.60. The van der Waals surface area contributed by atoms with Crippen LogP contribution >= 0.6 is 11.3 Å². The van der Waals surface area contributed by atoms with Crippen LogP contribution in [0.4, 0.5) is 17.3 Å². The fourth-order valence-electron chi connectivity index (χ4n) is 3.67. The smallest absolute Gasteiger partial charge is 0.307 e. The molecule has 36 heavy (non-hydrogen) atoms. The van der Waals surface area contributed by atoms with Crippen molar-refractivity contribution < 1.29 is 17.9 Å². The first kappa shape index (κ1) is 23.6. The maximum atomic E-state index is 13.4. The number of hydrogen-bond acceptors (Lipinski definition) is 9. The molecule has 0 bridgehead atoms. The van der Waals surface area contributed by atoms with Gasteiger partial charge in [-0.25, -0.2) is 18.4 Å². The number of hydrogen-bond donors (Lipinski definition) is 2. The van der Waals surface area contributed by atoms with Crippen molar-refractivity contribution >= 4 is 59.9 Å². The first-order valence-corrected chi connectivity index (χ1v) is 13.0. The van der Waals surface area contributed by atoms with E-state index in [-0.39, 0.29) is 21.4 Å². The number of ether oxygens (including phenoxy) is 2. The molecule has 12 heteroatoms. The van der Waals surface area contributed by atoms with Gasteiger partial charge in [-0.2, -0.15) is 0 Å². The van der Waals surface area contributed by atoms with Crippen molar-refractivity contribution in [3.05, 3.63) is 70.3 Å². The first-order chi connectivity index (χ1) is 17.3. The standard InChI is InChI=1S/C24H21N5O5S2/c1-29-19-10-9-15(13-21(19)35-24(29)30)36(31,32)28-23-22(25-16-6-4-5-7-17(16)26-23)27-18-12-14(33-2)8-11-20(18)34-3/h4-13H,1-3H3,(H,25,27)(H,26,28). The monoisotopic (exact) mass is 523 g/mol. The Morgan fingerprint density at radius 1 is 0.917 bits per heavy atom. The molecule has 0 amide bonds. The third kappa shape index (κ3) is 4.32. The van der Waals surface area contributed by atoms with Gasteiger partial charge in [-0.1, -0.05) is 23.5 Å². The predicted octanol–water partition coefficient (Wildman–Crippen LogP) is 4.10. The summed E-state index contributed by atoms with van der Waals surface area (Å²) < 4.78 is 42.1. The molecular weight excluding hydrogens is 502 g/mol. The van der Waals surface area contributed by atoms with E-state index in [9.17, 15) is 13.2 Å². The molecule has 0 aliphatic heterocycles. The highest BCUT2D eigenvalue weighted by molar-refractivity contribution is 7.92. The van der Waals surface area contributed by atoms with Gasteiger partial charge in [-0.15, -0.1) is 0 Å². The van der Waals surface area contributed by atoms with Crippen LogP contribution in [0, 0.1) is 0 Å². The third-order valence-corrected chi connectivity index (χ3v) is 7.87. The molecule has 5 rings (SSSR count). The number of para-hydroxylation sites is 2. The zero-order valence-electron chi connectivity index (χ0n) is 19.5. The summed E-state index contributed by atoms with van der Waals surface area (Å²) in [5.41, 5.74) is 2.25. The fourth-order valence-corrected chi connectivity index (χ4v) is 5.69. The molecule has 2 heterocycles. The molecule has 10 nitrogen and oxygen atoms in total. The number of fused-ring (bicyclic) bond motifs is 2. The van der Waals surface area contributed by atoms with Gasteiger partial charge in [-0.05, 0) is 42.5 Å². The fraction of sp³-hybridized carbons (Fsp3) is 0.125. The minimum atomic E-state index is -4.07. The Bertz CT molecular complexity index is 1780. The number of aromatic nitrogens is 3. The van der Waals surface area contributed by atoms with Crippen molar-refractivity contribution in [2.75, 3.05) is 24.3 Å². The van der Waals surface area contributed by atoms with Gasteiger partial charge in [-0.3, -0.25) is 9.52 Å². The summed E-state index contributed by atoms with van der Waals surface area (Å²) in [6.45, 7) is 0. The highest BCUT2D eigenvalue weighted by atomic mass is 32.2. The zero-order valence-corrected chi connectivity index (χ0v) is 21.1. The molecule has 0 unspecified atom stereocenters. The van der Waals surface area contributed by atoms with Gasteiger partial charge in [0.25, 0.3) is 10.0 Å². The molecule has 3 aromatic carbocycles. The van der Waals surface area contributed by atoms with Crippen LogP contribution in [0.15, 0.2) is 70.4 Å². The largest absolute Gasteiger partial charge is 0.497 e. The Kier molecular flexibility index (Phi) is 5.98. The second-order valence-electron chi connectivity index (χ2n) is 7.76. The van der Waals surface area contributed by atoms with Gasteiger partial charge in [0.05, 0.1) is 46.1 Å². The van der Waals surface area contributed by atoms with Crippen molar-refractivity contribution in [3.63, 3.8) is 0 Å². The van der Waals surface area contributed by atoms with Crippen LogP contribution in [-0.4, -0.2) is 37.2 Å². The molecule has 0 saturated heterocycles. The van der Waals surface area contributed by atoms with E-state index < -0.39 is 10.0 Å². The summed E-state index contributed by atoms with van der Waals surface area (Å²) in [4.78, 5) is 21.0. The van der Waals surface area contributed by atoms with E-state index in [2.05, 4.69) is 20.0 Å². The molecule has 0 aliphatic carbocycles. The van der Waals surface area contributed by atoms with Crippen LogP contribution in [0.5, 0.6) is 11.5 Å². The SMILES string of the molecule is COc1ccc(OC)c(Nc2nc3ccccc3nc2NS(=O)(=O)c2ccc3c(c2)sc(=O)n3C)c1. The summed E-state index contributed by atoms with van der Waals surface area (Å²) >= 11 is 0.979. The Labute approximate surface area is 210 Å². The number of nitrogens with one attached hydrogen (secondary N) is 2. The minimum Gasteiger partial charge on any atom is -0.497 e. The summed E-state index contributed by atoms with van der Waals surface area (Å²) in [5, 5.41) is 3.13. The number of sulfonamides is 1. The molecule has 0 radical (unpaired) electrons. The highest BCUT2D eigenvalue weighted by Gasteiger charge is 2.21. The van der Waals surface area contributed by atoms with Crippen molar-refractivity contribution in [2.24, 2.45) is 7.05 Å². The number of thiazole rings is 1. The lowest BCUT2D eigenvalue weighted by atomic mass is 10.2. The molecule has 0 aliphatic rings. The number of anilines is 3. The van der Waals surface area contributed by atoms with E-state index in [0.717, 1.165) is 11.3 Å². The van der Waals surface area contributed by atoms with Gasteiger partial charge >= 0.3 is 4.87 Å². The van der Waals surface area contributed by atoms with Gasteiger partial charge < -0.3 is 19.4 Å². The van der Waals surface area contributed by atoms with Crippen molar-refractivity contribution in [2.45, 2.75) is 4.90 Å². The maximum Gasteiger partial charge on any atom is 0.307 e. The van der Waals surface area contributed by atoms with Gasteiger partial charge in [0.1, 0.15) is 11.5 Å². The van der Waals surface area contributed by atoms with E-state index in [1.165, 1.54) is 23.8 Å². The predicted molar refractivity (Wildman–Crippen MR) is 140 cm³/mol. The molecular formula is C24H21N5O5S2. The van der Waals surface area contributed by atoms with Gasteiger partial charge in [0.2, 0.25) is 0 Å². The molecule has 2 aromatic heterocycles. The van der Waals surface area contributed by atoms with Crippen LogP contribution in [0.3, 0.4) is 0 Å². The molecule has 0 fully saturated rings. The molecule has 2 N–H and O–H groups in total. The number of methoxy groups -OCH3 is 2. The summed E-state index contributed by atoms with van der Waals surface area (Å²) in [5.74, 6) is 1.25. The summed E-state index contributed by atoms with van der Waals surface area (Å²) in [7, 11) is 0.636. The second-order valence-corrected chi connectivity index (χ2v) is 10.4. The number of rotatable bonds is 7. The summed E-state index contributed by atoms with van der Waals surface area (Å²) in [6, 6.07) is 16.8.